The molecule has 2 rings (SSSR count). The normalized spacial score (nSPS) is 11.0. The van der Waals surface area contributed by atoms with Crippen molar-refractivity contribution < 1.29 is 26.7 Å². The van der Waals surface area contributed by atoms with Gasteiger partial charge in [0.15, 0.2) is 0 Å². The zero-order chi connectivity index (χ0) is 15.2. The fourth-order valence-corrected chi connectivity index (χ4v) is 1.44. The molecule has 0 N–H and O–H groups in total. The van der Waals surface area contributed by atoms with Gasteiger partial charge in [-0.2, -0.15) is 0 Å². The molecule has 0 unspecified atom stereocenters. The van der Waals surface area contributed by atoms with Crippen LogP contribution in [-0.4, -0.2) is 9.97 Å². The maximum absolute atomic E-state index is 11.2. The zero-order valence-corrected chi connectivity index (χ0v) is 13.6. The van der Waals surface area contributed by atoms with Crippen LogP contribution in [0, 0.1) is 0 Å². The Morgan fingerprint density at radius 2 is 1.05 bits per heavy atom. The Morgan fingerprint density at radius 1 is 0.714 bits per heavy atom. The Kier molecular flexibility index (Phi) is 7.72. The topological polar surface area (TPSA) is 71.9 Å². The van der Waals surface area contributed by atoms with Gasteiger partial charge in [0, 0.05) is 23.8 Å². The van der Waals surface area contributed by atoms with E-state index >= 15 is 0 Å². The van der Waals surface area contributed by atoms with Crippen molar-refractivity contribution in [2.45, 2.75) is 38.9 Å². The van der Waals surface area contributed by atoms with Gasteiger partial charge in [-0.1, -0.05) is 51.0 Å². The average molecular weight is 331 g/mol. The molecule has 0 radical (unpaired) electrons. The van der Waals surface area contributed by atoms with Gasteiger partial charge in [-0.15, -0.1) is 0 Å². The van der Waals surface area contributed by atoms with Crippen molar-refractivity contribution in [1.82, 2.24) is 9.97 Å². The summed E-state index contributed by atoms with van der Waals surface area (Å²) in [7, 11) is 0. The quantitative estimate of drug-likeness (QED) is 0.779. The molecule has 0 aliphatic rings. The number of hydrogen-bond donors (Lipinski definition) is 0. The fourth-order valence-electron chi connectivity index (χ4n) is 1.44. The first kappa shape index (κ1) is 19.7. The number of aromatic nitrogens is 2. The molecular weight excluding hydrogens is 311 g/mol. The van der Waals surface area contributed by atoms with Gasteiger partial charge in [-0.25, -0.2) is 0 Å². The third kappa shape index (κ3) is 7.33. The molecule has 0 aliphatic carbocycles. The van der Waals surface area contributed by atoms with Crippen molar-refractivity contribution in [1.29, 1.82) is 0 Å². The first-order chi connectivity index (χ1) is 9.21. The average Bonchev–Trinajstić information content (AvgIpc) is 2.40. The minimum atomic E-state index is -1.07. The summed E-state index contributed by atoms with van der Waals surface area (Å²) in [6, 6.07) is 10.7. The van der Waals surface area contributed by atoms with Crippen LogP contribution in [0.3, 0.4) is 0 Å². The van der Waals surface area contributed by atoms with Crippen molar-refractivity contribution in [3.8, 4) is 0 Å². The van der Waals surface area contributed by atoms with Crippen LogP contribution in [-0.2, 0) is 27.7 Å². The van der Waals surface area contributed by atoms with E-state index in [1.54, 1.807) is 64.4 Å². The molecule has 2 aromatic rings. The van der Waals surface area contributed by atoms with Crippen LogP contribution in [0.2, 0.25) is 0 Å². The molecular formula is C16H20N2NiO2. The molecule has 116 valence electrons. The number of pyridine rings is 2. The molecule has 0 aliphatic heterocycles. The molecule has 2 aromatic heterocycles. The summed E-state index contributed by atoms with van der Waals surface area (Å²) in [5.74, 6) is 0. The molecule has 2 heterocycles. The zero-order valence-electron chi connectivity index (χ0n) is 12.6. The number of rotatable bonds is 2. The van der Waals surface area contributed by atoms with E-state index in [2.05, 4.69) is 9.97 Å². The van der Waals surface area contributed by atoms with E-state index in [1.165, 1.54) is 0 Å². The molecule has 0 saturated carbocycles. The van der Waals surface area contributed by atoms with Gasteiger partial charge in [0.25, 0.3) is 0 Å². The molecule has 0 amide bonds. The van der Waals surface area contributed by atoms with E-state index in [9.17, 15) is 10.2 Å². The fraction of sp³-hybridized carbons (Fsp3) is 0.375. The van der Waals surface area contributed by atoms with E-state index in [-0.39, 0.29) is 16.5 Å². The maximum Gasteiger partial charge on any atom is 2.00 e. The molecule has 0 fully saturated rings. The van der Waals surface area contributed by atoms with Crippen LogP contribution in [0.1, 0.15) is 39.1 Å². The summed E-state index contributed by atoms with van der Waals surface area (Å²) in [4.78, 5) is 7.88. The van der Waals surface area contributed by atoms with Gasteiger partial charge in [-0.3, -0.25) is 9.97 Å². The first-order valence-electron chi connectivity index (χ1n) is 6.45. The maximum atomic E-state index is 11.2. The van der Waals surface area contributed by atoms with Crippen LogP contribution in [0.25, 0.3) is 0 Å². The van der Waals surface area contributed by atoms with E-state index in [0.717, 1.165) is 0 Å². The molecule has 0 atom stereocenters. The summed E-state index contributed by atoms with van der Waals surface area (Å²) in [6.07, 6.45) is 3.27. The van der Waals surface area contributed by atoms with Crippen LogP contribution in [0.4, 0.5) is 0 Å². The third-order valence-electron chi connectivity index (χ3n) is 2.56. The Labute approximate surface area is 136 Å². The summed E-state index contributed by atoms with van der Waals surface area (Å²) >= 11 is 0. The second kappa shape index (κ2) is 8.23. The van der Waals surface area contributed by atoms with Crippen molar-refractivity contribution in [2.24, 2.45) is 0 Å². The second-order valence-electron chi connectivity index (χ2n) is 5.45. The van der Waals surface area contributed by atoms with Gasteiger partial charge >= 0.3 is 16.5 Å². The predicted octanol–water partition coefficient (Wildman–Crippen LogP) is 1.35. The Bertz CT molecular complexity index is 456. The standard InChI is InChI=1S/2C8H10NO.Ni/c2*1-8(2,10)7-5-3-4-6-9-7;/h2*3-6H,1-2H3;/q2*-1;+2. The number of nitrogens with zero attached hydrogens (tertiary/aromatic N) is 2. The van der Waals surface area contributed by atoms with Crippen molar-refractivity contribution >= 4 is 0 Å². The van der Waals surface area contributed by atoms with Crippen LogP contribution < -0.4 is 10.2 Å². The van der Waals surface area contributed by atoms with Gasteiger partial charge in [-0.05, 0) is 24.3 Å². The summed E-state index contributed by atoms with van der Waals surface area (Å²) in [5.41, 5.74) is -0.951. The summed E-state index contributed by atoms with van der Waals surface area (Å²) in [6.45, 7) is 6.43. The largest absolute Gasteiger partial charge is 2.00 e. The molecule has 4 nitrogen and oxygen atoms in total. The minimum Gasteiger partial charge on any atom is -0.845 e. The van der Waals surface area contributed by atoms with Gasteiger partial charge in [0.05, 0.1) is 0 Å². The summed E-state index contributed by atoms with van der Waals surface area (Å²) < 4.78 is 0. The van der Waals surface area contributed by atoms with E-state index < -0.39 is 11.2 Å². The molecule has 0 aromatic carbocycles. The third-order valence-corrected chi connectivity index (χ3v) is 2.56. The summed E-state index contributed by atoms with van der Waals surface area (Å²) in [5, 5.41) is 22.5. The first-order valence-corrected chi connectivity index (χ1v) is 6.45. The van der Waals surface area contributed by atoms with E-state index in [0.29, 0.717) is 11.4 Å². The predicted molar refractivity (Wildman–Crippen MR) is 74.5 cm³/mol. The van der Waals surface area contributed by atoms with Gasteiger partial charge in [0.1, 0.15) is 0 Å². The second-order valence-corrected chi connectivity index (χ2v) is 5.45. The van der Waals surface area contributed by atoms with Crippen LogP contribution >= 0.6 is 0 Å². The Hall–Kier alpha value is -1.29. The SMILES string of the molecule is CC(C)([O-])c1ccccn1.CC(C)([O-])c1ccccn1.[Ni+2]. The minimum absolute atomic E-state index is 0. The van der Waals surface area contributed by atoms with Crippen molar-refractivity contribution in [3.05, 3.63) is 60.2 Å². The van der Waals surface area contributed by atoms with Gasteiger partial charge in [0.2, 0.25) is 0 Å². The number of hydrogen-bond acceptors (Lipinski definition) is 4. The van der Waals surface area contributed by atoms with E-state index in [1.807, 2.05) is 12.1 Å². The molecule has 0 spiro atoms. The molecule has 21 heavy (non-hydrogen) atoms. The molecule has 0 bridgehead atoms. The smallest absolute Gasteiger partial charge is 0.845 e. The van der Waals surface area contributed by atoms with Crippen LogP contribution in [0.5, 0.6) is 0 Å². The molecule has 5 heteroatoms. The van der Waals surface area contributed by atoms with Crippen molar-refractivity contribution in [2.75, 3.05) is 0 Å². The van der Waals surface area contributed by atoms with Crippen LogP contribution in [0.15, 0.2) is 48.8 Å². The Balaban J connectivity index is 0.000000364. The Morgan fingerprint density at radius 3 is 1.19 bits per heavy atom. The monoisotopic (exact) mass is 330 g/mol. The van der Waals surface area contributed by atoms with Crippen molar-refractivity contribution in [3.63, 3.8) is 0 Å². The van der Waals surface area contributed by atoms with Gasteiger partial charge < -0.3 is 10.2 Å². The van der Waals surface area contributed by atoms with E-state index in [4.69, 9.17) is 0 Å². The molecule has 0 saturated heterocycles.